The van der Waals surface area contributed by atoms with Crippen LogP contribution in [-0.2, 0) is 7.05 Å². The minimum Gasteiger partial charge on any atom is -0.306 e. The summed E-state index contributed by atoms with van der Waals surface area (Å²) in [5.41, 5.74) is 1.55. The van der Waals surface area contributed by atoms with Crippen LogP contribution in [0.3, 0.4) is 0 Å². The molecule has 90 valence electrons. The highest BCUT2D eigenvalue weighted by Gasteiger charge is 2.13. The second-order valence-corrected chi connectivity index (χ2v) is 5.25. The van der Waals surface area contributed by atoms with Crippen LogP contribution in [0.4, 0.5) is 0 Å². The van der Waals surface area contributed by atoms with Crippen molar-refractivity contribution < 1.29 is 0 Å². The van der Waals surface area contributed by atoms with Crippen LogP contribution in [0.5, 0.6) is 0 Å². The standard InChI is InChI=1S/C11H13IN4O/c1-6(2)9-8(12)11(17)15-10(14-9)7-4-13-16(3)5-7/h4-6H,1-3H3,(H,14,15,17). The summed E-state index contributed by atoms with van der Waals surface area (Å²) in [6.07, 6.45) is 3.52. The van der Waals surface area contributed by atoms with Gasteiger partial charge < -0.3 is 4.98 Å². The molecule has 0 amide bonds. The van der Waals surface area contributed by atoms with Gasteiger partial charge in [0.2, 0.25) is 0 Å². The van der Waals surface area contributed by atoms with Crippen molar-refractivity contribution in [3.63, 3.8) is 0 Å². The molecule has 0 aliphatic rings. The Balaban J connectivity index is 2.61. The smallest absolute Gasteiger partial charge is 0.264 e. The summed E-state index contributed by atoms with van der Waals surface area (Å²) in [4.78, 5) is 19.1. The van der Waals surface area contributed by atoms with Crippen molar-refractivity contribution in [2.24, 2.45) is 7.05 Å². The lowest BCUT2D eigenvalue weighted by Crippen LogP contribution is -2.17. The summed E-state index contributed by atoms with van der Waals surface area (Å²) >= 11 is 2.03. The van der Waals surface area contributed by atoms with Gasteiger partial charge in [0.1, 0.15) is 5.82 Å². The van der Waals surface area contributed by atoms with E-state index in [-0.39, 0.29) is 11.5 Å². The van der Waals surface area contributed by atoms with Crippen LogP contribution in [0, 0.1) is 3.57 Å². The number of hydrogen-bond acceptors (Lipinski definition) is 3. The number of halogens is 1. The second-order valence-electron chi connectivity index (χ2n) is 4.17. The maximum Gasteiger partial charge on any atom is 0.264 e. The SMILES string of the molecule is CC(C)c1nc(-c2cnn(C)c2)[nH]c(=O)c1I. The number of rotatable bonds is 2. The van der Waals surface area contributed by atoms with E-state index in [2.05, 4.69) is 15.1 Å². The zero-order chi connectivity index (χ0) is 12.6. The predicted molar refractivity (Wildman–Crippen MR) is 73.9 cm³/mol. The van der Waals surface area contributed by atoms with Gasteiger partial charge in [0.05, 0.1) is 21.0 Å². The Morgan fingerprint density at radius 3 is 2.71 bits per heavy atom. The lowest BCUT2D eigenvalue weighted by atomic mass is 10.1. The van der Waals surface area contributed by atoms with E-state index in [9.17, 15) is 4.79 Å². The van der Waals surface area contributed by atoms with Crippen molar-refractivity contribution >= 4 is 22.6 Å². The largest absolute Gasteiger partial charge is 0.306 e. The summed E-state index contributed by atoms with van der Waals surface area (Å²) in [6, 6.07) is 0. The van der Waals surface area contributed by atoms with E-state index in [0.717, 1.165) is 11.3 Å². The highest BCUT2D eigenvalue weighted by atomic mass is 127. The van der Waals surface area contributed by atoms with Gasteiger partial charge in [0, 0.05) is 13.2 Å². The number of aromatic amines is 1. The van der Waals surface area contributed by atoms with E-state index in [1.54, 1.807) is 10.9 Å². The Kier molecular flexibility index (Phi) is 3.32. The molecule has 0 aromatic carbocycles. The fourth-order valence-electron chi connectivity index (χ4n) is 1.54. The molecule has 2 rings (SSSR count). The molecule has 0 saturated heterocycles. The van der Waals surface area contributed by atoms with Crippen LogP contribution in [0.2, 0.25) is 0 Å². The molecule has 0 atom stereocenters. The van der Waals surface area contributed by atoms with Gasteiger partial charge in [-0.1, -0.05) is 13.8 Å². The maximum absolute atomic E-state index is 11.8. The molecule has 0 saturated carbocycles. The Bertz CT molecular complexity index is 600. The molecule has 2 heterocycles. The summed E-state index contributed by atoms with van der Waals surface area (Å²) in [5.74, 6) is 0.798. The van der Waals surface area contributed by atoms with Crippen LogP contribution in [0.1, 0.15) is 25.5 Å². The van der Waals surface area contributed by atoms with Gasteiger partial charge in [-0.3, -0.25) is 9.48 Å². The number of aromatic nitrogens is 4. The average molecular weight is 344 g/mol. The Labute approximate surface area is 112 Å². The van der Waals surface area contributed by atoms with Crippen molar-refractivity contribution in [2.45, 2.75) is 19.8 Å². The number of hydrogen-bond donors (Lipinski definition) is 1. The molecule has 6 heteroatoms. The molecule has 17 heavy (non-hydrogen) atoms. The van der Waals surface area contributed by atoms with Gasteiger partial charge in [-0.2, -0.15) is 5.10 Å². The molecule has 0 spiro atoms. The van der Waals surface area contributed by atoms with E-state index in [1.807, 2.05) is 49.7 Å². The molecule has 0 fully saturated rings. The van der Waals surface area contributed by atoms with Crippen molar-refractivity contribution in [1.29, 1.82) is 0 Å². The zero-order valence-corrected chi connectivity index (χ0v) is 12.0. The van der Waals surface area contributed by atoms with E-state index in [4.69, 9.17) is 0 Å². The number of nitrogens with zero attached hydrogens (tertiary/aromatic N) is 3. The summed E-state index contributed by atoms with van der Waals surface area (Å²) in [7, 11) is 1.83. The van der Waals surface area contributed by atoms with Crippen LogP contribution in [0.25, 0.3) is 11.4 Å². The molecule has 2 aromatic rings. The van der Waals surface area contributed by atoms with Crippen LogP contribution >= 0.6 is 22.6 Å². The van der Waals surface area contributed by atoms with Gasteiger partial charge in [-0.05, 0) is 28.5 Å². The number of nitrogens with one attached hydrogen (secondary N) is 1. The van der Waals surface area contributed by atoms with Crippen molar-refractivity contribution in [1.82, 2.24) is 19.7 Å². The van der Waals surface area contributed by atoms with E-state index in [1.165, 1.54) is 0 Å². The minimum atomic E-state index is -0.0943. The number of aryl methyl sites for hydroxylation is 1. The van der Waals surface area contributed by atoms with E-state index >= 15 is 0 Å². The third kappa shape index (κ3) is 2.41. The zero-order valence-electron chi connectivity index (χ0n) is 9.86. The first-order valence-corrected chi connectivity index (χ1v) is 6.35. The molecule has 2 aromatic heterocycles. The Morgan fingerprint density at radius 1 is 1.47 bits per heavy atom. The van der Waals surface area contributed by atoms with Gasteiger partial charge >= 0.3 is 0 Å². The lowest BCUT2D eigenvalue weighted by molar-refractivity contribution is 0.767. The molecule has 1 N–H and O–H groups in total. The number of H-pyrrole nitrogens is 1. The van der Waals surface area contributed by atoms with E-state index < -0.39 is 0 Å². The fourth-order valence-corrected chi connectivity index (χ4v) is 2.42. The van der Waals surface area contributed by atoms with Crippen molar-refractivity contribution in [3.05, 3.63) is 32.0 Å². The van der Waals surface area contributed by atoms with Crippen molar-refractivity contribution in [2.75, 3.05) is 0 Å². The molecule has 0 aliphatic heterocycles. The summed E-state index contributed by atoms with van der Waals surface area (Å²) in [5, 5.41) is 4.07. The topological polar surface area (TPSA) is 63.6 Å². The third-order valence-corrected chi connectivity index (χ3v) is 3.46. The van der Waals surface area contributed by atoms with Crippen LogP contribution in [0.15, 0.2) is 17.2 Å². The molecule has 5 nitrogen and oxygen atoms in total. The predicted octanol–water partition coefficient (Wildman–Crippen LogP) is 1.90. The second kappa shape index (κ2) is 4.59. The third-order valence-electron chi connectivity index (χ3n) is 2.41. The van der Waals surface area contributed by atoms with E-state index in [0.29, 0.717) is 9.39 Å². The maximum atomic E-state index is 11.8. The van der Waals surface area contributed by atoms with Gasteiger partial charge in [-0.15, -0.1) is 0 Å². The molecule has 0 aliphatic carbocycles. The summed E-state index contributed by atoms with van der Waals surface area (Å²) < 4.78 is 2.34. The first-order valence-electron chi connectivity index (χ1n) is 5.27. The quantitative estimate of drug-likeness (QED) is 0.847. The van der Waals surface area contributed by atoms with Crippen LogP contribution in [-0.4, -0.2) is 19.7 Å². The Morgan fingerprint density at radius 2 is 2.18 bits per heavy atom. The fraction of sp³-hybridized carbons (Fsp3) is 0.364. The van der Waals surface area contributed by atoms with Gasteiger partial charge in [0.15, 0.2) is 0 Å². The highest BCUT2D eigenvalue weighted by molar-refractivity contribution is 14.1. The minimum absolute atomic E-state index is 0.0943. The average Bonchev–Trinajstić information content (AvgIpc) is 2.68. The summed E-state index contributed by atoms with van der Waals surface area (Å²) in [6.45, 7) is 4.05. The van der Waals surface area contributed by atoms with Crippen molar-refractivity contribution in [3.8, 4) is 11.4 Å². The first-order chi connectivity index (χ1) is 7.99. The van der Waals surface area contributed by atoms with Gasteiger partial charge in [-0.25, -0.2) is 4.98 Å². The van der Waals surface area contributed by atoms with Gasteiger partial charge in [0.25, 0.3) is 5.56 Å². The molecular weight excluding hydrogens is 331 g/mol. The first kappa shape index (κ1) is 12.3. The van der Waals surface area contributed by atoms with Crippen LogP contribution < -0.4 is 5.56 Å². The molecular formula is C11H13IN4O. The lowest BCUT2D eigenvalue weighted by Gasteiger charge is -2.08. The monoisotopic (exact) mass is 344 g/mol. The molecule has 0 unspecified atom stereocenters. The molecule has 0 radical (unpaired) electrons. The molecule has 0 bridgehead atoms. The highest BCUT2D eigenvalue weighted by Crippen LogP contribution is 2.19. The normalized spacial score (nSPS) is 11.1. The Hall–Kier alpha value is -1.18.